The molecule has 2 fully saturated rings. The Morgan fingerprint density at radius 2 is 1.42 bits per heavy atom. The van der Waals surface area contributed by atoms with Gasteiger partial charge < -0.3 is 34.9 Å². The van der Waals surface area contributed by atoms with Gasteiger partial charge in [0.2, 0.25) is 11.8 Å². The van der Waals surface area contributed by atoms with Crippen molar-refractivity contribution in [1.82, 2.24) is 40.0 Å². The lowest BCUT2D eigenvalue weighted by molar-refractivity contribution is -0.137. The number of hydrogen-bond acceptors (Lipinski definition) is 7. The number of ether oxygens (including phenoxy) is 1. The molecular weight excluding hydrogens is 757 g/mol. The van der Waals surface area contributed by atoms with Crippen molar-refractivity contribution < 1.29 is 24.2 Å². The number of aromatic amines is 2. The number of likely N-dealkylation sites (N-methyl/N-ethyl adjacent to an activating group) is 1. The maximum atomic E-state index is 14.0. The molecule has 3 aliphatic heterocycles. The van der Waals surface area contributed by atoms with Crippen LogP contribution in [0.2, 0.25) is 0 Å². The molecule has 1 unspecified atom stereocenters. The van der Waals surface area contributed by atoms with Gasteiger partial charge >= 0.3 is 6.09 Å². The third kappa shape index (κ3) is 7.16. The fraction of sp³-hybridized carbons (Fsp3) is 0.340. The fourth-order valence-corrected chi connectivity index (χ4v) is 9.34. The SMILES string of the molecule is CC(C)[C@H](NC(=O)O)C(=O)N1CCC[C@H]1c1ncc(-c2ccc3c4c(ccc3c2)-c2ccc(-c3cnc([C@@H]5CCCN5C(=O)C(c5ccccc5)N(C)C)[nH]3)cc2CO4)[nH]1. The van der Waals surface area contributed by atoms with Gasteiger partial charge in [-0.25, -0.2) is 14.8 Å². The van der Waals surface area contributed by atoms with Crippen molar-refractivity contribution in [3.8, 4) is 39.4 Å². The van der Waals surface area contributed by atoms with E-state index in [4.69, 9.17) is 14.7 Å². The molecule has 2 aromatic heterocycles. The van der Waals surface area contributed by atoms with Crippen molar-refractivity contribution in [2.24, 2.45) is 5.92 Å². The van der Waals surface area contributed by atoms with Gasteiger partial charge in [0.05, 0.1) is 35.9 Å². The number of fused-ring (bicyclic) bond motifs is 5. The van der Waals surface area contributed by atoms with Crippen LogP contribution in [0, 0.1) is 5.92 Å². The van der Waals surface area contributed by atoms with Crippen LogP contribution >= 0.6 is 0 Å². The minimum absolute atomic E-state index is 0.0887. The zero-order valence-corrected chi connectivity index (χ0v) is 34.3. The highest BCUT2D eigenvalue weighted by atomic mass is 16.5. The van der Waals surface area contributed by atoms with E-state index in [0.29, 0.717) is 25.5 Å². The van der Waals surface area contributed by atoms with E-state index in [1.165, 1.54) is 0 Å². The normalized spacial score (nSPS) is 18.4. The number of carboxylic acid groups (broad SMARTS) is 1. The predicted octanol–water partition coefficient (Wildman–Crippen LogP) is 8.10. The first-order valence-electron chi connectivity index (χ1n) is 20.8. The molecule has 5 heterocycles. The summed E-state index contributed by atoms with van der Waals surface area (Å²) in [5, 5.41) is 13.8. The average molecular weight is 807 g/mol. The molecule has 2 saturated heterocycles. The summed E-state index contributed by atoms with van der Waals surface area (Å²) in [6.07, 6.45) is 5.81. The molecule has 0 spiro atoms. The zero-order valence-electron chi connectivity index (χ0n) is 34.3. The van der Waals surface area contributed by atoms with Gasteiger partial charge in [0.15, 0.2) is 0 Å². The fourth-order valence-electron chi connectivity index (χ4n) is 9.34. The zero-order chi connectivity index (χ0) is 41.7. The van der Waals surface area contributed by atoms with E-state index in [2.05, 4.69) is 63.8 Å². The maximum absolute atomic E-state index is 14.0. The first kappa shape index (κ1) is 39.0. The number of amides is 3. The predicted molar refractivity (Wildman–Crippen MR) is 229 cm³/mol. The Labute approximate surface area is 348 Å². The van der Waals surface area contributed by atoms with Crippen molar-refractivity contribution in [3.05, 3.63) is 114 Å². The molecule has 0 aliphatic carbocycles. The summed E-state index contributed by atoms with van der Waals surface area (Å²) in [5.74, 6) is 2.02. The van der Waals surface area contributed by atoms with Crippen molar-refractivity contribution in [3.63, 3.8) is 0 Å². The number of rotatable bonds is 10. The van der Waals surface area contributed by atoms with Crippen LogP contribution in [0.25, 0.3) is 44.4 Å². The minimum atomic E-state index is -1.21. The van der Waals surface area contributed by atoms with Crippen LogP contribution in [0.15, 0.2) is 91.3 Å². The Bertz CT molecular complexity index is 2580. The molecule has 308 valence electrons. The first-order chi connectivity index (χ1) is 29.0. The lowest BCUT2D eigenvalue weighted by Gasteiger charge is -2.31. The van der Waals surface area contributed by atoms with Gasteiger partial charge in [-0.2, -0.15) is 0 Å². The average Bonchev–Trinajstić information content (AvgIpc) is 4.09. The van der Waals surface area contributed by atoms with E-state index in [0.717, 1.165) is 92.8 Å². The molecule has 9 rings (SSSR count). The molecule has 13 heteroatoms. The van der Waals surface area contributed by atoms with Gasteiger partial charge in [0.25, 0.3) is 0 Å². The van der Waals surface area contributed by atoms with Crippen molar-refractivity contribution in [2.45, 2.75) is 70.3 Å². The second-order valence-electron chi connectivity index (χ2n) is 16.7. The Kier molecular flexibility index (Phi) is 10.4. The van der Waals surface area contributed by atoms with E-state index >= 15 is 0 Å². The summed E-state index contributed by atoms with van der Waals surface area (Å²) in [5.41, 5.74) is 7.95. The highest BCUT2D eigenvalue weighted by Crippen LogP contribution is 2.44. The van der Waals surface area contributed by atoms with E-state index in [9.17, 15) is 19.5 Å². The number of carbonyl (C=O) groups is 3. The Balaban J connectivity index is 0.921. The van der Waals surface area contributed by atoms with Crippen LogP contribution in [-0.4, -0.2) is 90.9 Å². The Morgan fingerprint density at radius 3 is 2.05 bits per heavy atom. The van der Waals surface area contributed by atoms with Crippen LogP contribution in [0.4, 0.5) is 4.79 Å². The maximum Gasteiger partial charge on any atom is 0.405 e. The summed E-state index contributed by atoms with van der Waals surface area (Å²) < 4.78 is 6.50. The molecule has 0 bridgehead atoms. The number of nitrogens with zero attached hydrogens (tertiary/aromatic N) is 5. The topological polar surface area (TPSA) is 160 Å². The highest BCUT2D eigenvalue weighted by Gasteiger charge is 2.39. The molecule has 0 radical (unpaired) electrons. The lowest BCUT2D eigenvalue weighted by atomic mass is 9.92. The standard InChI is InChI=1S/C47H50N8O5/c1-27(2)40(52-47(58)59)45(56)54-20-8-12-38(54)43-48-24-36(50-43)30-16-18-34-29(22-30)14-19-35-33-17-15-31(23-32(33)26-60-42(34)35)37-25-49-44(51-37)39-13-9-21-55(39)46(57)41(53(3)4)28-10-6-5-7-11-28/h5-7,10-11,14-19,22-25,27,38-41,52H,8-9,12-13,20-21,26H2,1-4H3,(H,48,50)(H,49,51)(H,58,59)/t38-,39-,40-,41?/m0/s1. The smallest absolute Gasteiger partial charge is 0.405 e. The molecule has 60 heavy (non-hydrogen) atoms. The van der Waals surface area contributed by atoms with Gasteiger partial charge in [-0.05, 0) is 91.5 Å². The monoisotopic (exact) mass is 806 g/mol. The van der Waals surface area contributed by atoms with Gasteiger partial charge in [-0.1, -0.05) is 74.5 Å². The van der Waals surface area contributed by atoms with Gasteiger partial charge in [0.1, 0.15) is 36.1 Å². The molecule has 13 nitrogen and oxygen atoms in total. The summed E-state index contributed by atoms with van der Waals surface area (Å²) in [7, 11) is 3.90. The Hall–Kier alpha value is -6.47. The second kappa shape index (κ2) is 15.9. The molecule has 4 atom stereocenters. The summed E-state index contributed by atoms with van der Waals surface area (Å²) in [6.45, 7) is 5.36. The third-order valence-electron chi connectivity index (χ3n) is 12.3. The lowest BCUT2D eigenvalue weighted by Crippen LogP contribution is -2.50. The largest absolute Gasteiger partial charge is 0.488 e. The van der Waals surface area contributed by atoms with E-state index < -0.39 is 12.1 Å². The molecule has 3 aliphatic rings. The third-order valence-corrected chi connectivity index (χ3v) is 12.3. The van der Waals surface area contributed by atoms with Crippen molar-refractivity contribution in [2.75, 3.05) is 27.2 Å². The number of H-pyrrole nitrogens is 2. The molecular formula is C47H50N8O5. The second-order valence-corrected chi connectivity index (χ2v) is 16.7. The van der Waals surface area contributed by atoms with Gasteiger partial charge in [-0.3, -0.25) is 14.5 Å². The van der Waals surface area contributed by atoms with Crippen molar-refractivity contribution in [1.29, 1.82) is 0 Å². The summed E-state index contributed by atoms with van der Waals surface area (Å²) in [6, 6.07) is 25.3. The number of carbonyl (C=O) groups excluding carboxylic acids is 2. The molecule has 0 saturated carbocycles. The number of likely N-dealkylation sites (tertiary alicyclic amines) is 2. The van der Waals surface area contributed by atoms with Crippen LogP contribution in [-0.2, 0) is 16.2 Å². The van der Waals surface area contributed by atoms with Crippen LogP contribution in [0.3, 0.4) is 0 Å². The minimum Gasteiger partial charge on any atom is -0.488 e. The molecule has 4 aromatic carbocycles. The Morgan fingerprint density at radius 1 is 0.800 bits per heavy atom. The summed E-state index contributed by atoms with van der Waals surface area (Å²) >= 11 is 0. The molecule has 4 N–H and O–H groups in total. The highest BCUT2D eigenvalue weighted by molar-refractivity contribution is 5.98. The molecule has 3 amide bonds. The number of hydrogen-bond donors (Lipinski definition) is 4. The first-order valence-corrected chi connectivity index (χ1v) is 20.8. The summed E-state index contributed by atoms with van der Waals surface area (Å²) in [4.78, 5) is 61.2. The van der Waals surface area contributed by atoms with Gasteiger partial charge in [0, 0.05) is 29.6 Å². The van der Waals surface area contributed by atoms with E-state index in [1.54, 1.807) is 11.1 Å². The number of benzene rings is 4. The number of nitrogens with one attached hydrogen (secondary N) is 3. The van der Waals surface area contributed by atoms with Crippen LogP contribution < -0.4 is 10.1 Å². The number of imidazole rings is 2. The van der Waals surface area contributed by atoms with Crippen LogP contribution in [0.1, 0.15) is 80.4 Å². The quantitative estimate of drug-likeness (QED) is 0.108. The van der Waals surface area contributed by atoms with E-state index in [-0.39, 0.29) is 35.9 Å². The molecule has 6 aromatic rings. The van der Waals surface area contributed by atoms with E-state index in [1.807, 2.05) is 74.3 Å². The van der Waals surface area contributed by atoms with Crippen molar-refractivity contribution >= 4 is 28.7 Å². The van der Waals surface area contributed by atoms with Crippen LogP contribution in [0.5, 0.6) is 5.75 Å². The number of aromatic nitrogens is 4. The van der Waals surface area contributed by atoms with Gasteiger partial charge in [-0.15, -0.1) is 0 Å².